The summed E-state index contributed by atoms with van der Waals surface area (Å²) >= 11 is 5.06. The predicted molar refractivity (Wildman–Crippen MR) is 148 cm³/mol. The summed E-state index contributed by atoms with van der Waals surface area (Å²) in [6.45, 7) is 9.71. The van der Waals surface area contributed by atoms with Crippen LogP contribution in [0, 0.1) is 5.82 Å². The molecule has 1 aromatic carbocycles. The van der Waals surface area contributed by atoms with Crippen LogP contribution in [0.25, 0.3) is 21.8 Å². The third-order valence-corrected chi connectivity index (χ3v) is 6.62. The van der Waals surface area contributed by atoms with Gasteiger partial charge in [0.15, 0.2) is 5.82 Å². The maximum absolute atomic E-state index is 14.9. The second-order valence-corrected chi connectivity index (χ2v) is 9.82. The number of hydrogen-bond donors (Lipinski definition) is 4. The molecule has 0 bridgehead atoms. The fourth-order valence-electron chi connectivity index (χ4n) is 3.43. The van der Waals surface area contributed by atoms with Gasteiger partial charge in [-0.3, -0.25) is 0 Å². The van der Waals surface area contributed by atoms with E-state index in [0.29, 0.717) is 23.2 Å². The molecule has 35 heavy (non-hydrogen) atoms. The number of aromatic nitrogens is 3. The predicted octanol–water partition coefficient (Wildman–Crippen LogP) is 5.08. The molecule has 3 aromatic rings. The number of thiol groups is 1. The van der Waals surface area contributed by atoms with Gasteiger partial charge in [-0.25, -0.2) is 19.3 Å². The minimum Gasteiger partial charge on any atom is -0.396 e. The van der Waals surface area contributed by atoms with Gasteiger partial charge in [-0.15, -0.1) is 11.3 Å². The molecule has 4 rings (SSSR count). The Morgan fingerprint density at radius 2 is 1.86 bits per heavy atom. The first-order chi connectivity index (χ1) is 16.7. The zero-order valence-electron chi connectivity index (χ0n) is 20.9. The van der Waals surface area contributed by atoms with Gasteiger partial charge in [-0.1, -0.05) is 26.8 Å². The van der Waals surface area contributed by atoms with Crippen LogP contribution in [0.1, 0.15) is 38.6 Å². The standard InChI is InChI=1S/C22H27FN6S.CH3BO.CH4S/c1-22(2,3)20-29-18(14-5-4-6-15(24)17(14)23)19(30-20)16-9-12-26-21(28-16)27-13-7-10-25-11-8-13;1-2-3;1-2/h4-6,9,12-13,25H,7-8,10-11,24H2,1-3H3,(H,26,27,28);1H3;2H,1H3. The van der Waals surface area contributed by atoms with Crippen molar-refractivity contribution in [1.82, 2.24) is 20.3 Å². The molecule has 0 amide bonds. The minimum atomic E-state index is -0.452. The molecule has 1 aliphatic rings. The number of benzene rings is 1. The van der Waals surface area contributed by atoms with Gasteiger partial charge in [0.05, 0.1) is 27.0 Å². The van der Waals surface area contributed by atoms with Gasteiger partial charge in [-0.2, -0.15) is 12.6 Å². The molecule has 1 aliphatic heterocycles. The summed E-state index contributed by atoms with van der Waals surface area (Å²) in [6.07, 6.45) is 5.49. The Balaban J connectivity index is 0.000000803. The summed E-state index contributed by atoms with van der Waals surface area (Å²) in [6, 6.07) is 7.21. The van der Waals surface area contributed by atoms with E-state index in [-0.39, 0.29) is 11.1 Å². The average molecular weight is 517 g/mol. The van der Waals surface area contributed by atoms with Crippen LogP contribution in [0.4, 0.5) is 16.0 Å². The molecule has 0 radical (unpaired) electrons. The second kappa shape index (κ2) is 13.7. The number of halogens is 1. The van der Waals surface area contributed by atoms with Crippen LogP contribution in [0.2, 0.25) is 6.82 Å². The number of nitrogens with two attached hydrogens (primary N) is 1. The second-order valence-electron chi connectivity index (χ2n) is 8.83. The third-order valence-electron chi connectivity index (χ3n) is 5.11. The summed E-state index contributed by atoms with van der Waals surface area (Å²) in [7, 11) is 0.750. The zero-order chi connectivity index (χ0) is 26.0. The molecule has 188 valence electrons. The van der Waals surface area contributed by atoms with Crippen molar-refractivity contribution in [3.8, 4) is 21.8 Å². The summed E-state index contributed by atoms with van der Waals surface area (Å²) in [5.74, 6) is 0.135. The van der Waals surface area contributed by atoms with Gasteiger partial charge >= 0.3 is 18.7 Å². The Morgan fingerprint density at radius 3 is 2.49 bits per heavy atom. The fourth-order valence-corrected chi connectivity index (χ4v) is 4.54. The molecular formula is C24H34BFN6OS2. The van der Waals surface area contributed by atoms with Crippen LogP contribution in [0.15, 0.2) is 30.5 Å². The fraction of sp³-hybridized carbons (Fsp3) is 0.458. The molecule has 4 N–H and O–H groups in total. The van der Waals surface area contributed by atoms with Crippen molar-refractivity contribution in [3.05, 3.63) is 41.3 Å². The van der Waals surface area contributed by atoms with Gasteiger partial charge in [0.25, 0.3) is 0 Å². The molecule has 0 unspecified atom stereocenters. The molecular weight excluding hydrogens is 482 g/mol. The van der Waals surface area contributed by atoms with Crippen molar-refractivity contribution in [2.24, 2.45) is 0 Å². The van der Waals surface area contributed by atoms with Gasteiger partial charge in [-0.05, 0) is 50.4 Å². The van der Waals surface area contributed by atoms with E-state index < -0.39 is 5.82 Å². The molecule has 11 heteroatoms. The Bertz CT molecular complexity index is 1100. The first kappa shape index (κ1) is 28.9. The molecule has 1 saturated heterocycles. The van der Waals surface area contributed by atoms with Crippen molar-refractivity contribution in [3.63, 3.8) is 0 Å². The summed E-state index contributed by atoms with van der Waals surface area (Å²) in [5, 5.41) is 7.71. The molecule has 0 atom stereocenters. The number of anilines is 2. The number of piperidine rings is 1. The van der Waals surface area contributed by atoms with Crippen LogP contribution in [-0.4, -0.2) is 47.5 Å². The van der Waals surface area contributed by atoms with Gasteiger partial charge in [0.1, 0.15) is 0 Å². The Morgan fingerprint density at radius 1 is 1.20 bits per heavy atom. The van der Waals surface area contributed by atoms with Crippen molar-refractivity contribution in [2.75, 3.05) is 30.4 Å². The maximum atomic E-state index is 14.9. The van der Waals surface area contributed by atoms with Crippen LogP contribution < -0.4 is 16.4 Å². The summed E-state index contributed by atoms with van der Waals surface area (Å²) in [5.41, 5.74) is 7.46. The van der Waals surface area contributed by atoms with Crippen molar-refractivity contribution >= 4 is 42.8 Å². The molecule has 0 saturated carbocycles. The van der Waals surface area contributed by atoms with E-state index >= 15 is 0 Å². The van der Waals surface area contributed by atoms with Crippen LogP contribution >= 0.6 is 24.0 Å². The smallest absolute Gasteiger partial charge is 0.223 e. The minimum absolute atomic E-state index is 0.111. The van der Waals surface area contributed by atoms with E-state index in [1.54, 1.807) is 30.7 Å². The van der Waals surface area contributed by atoms with E-state index in [2.05, 4.69) is 49.0 Å². The van der Waals surface area contributed by atoms with Gasteiger partial charge in [0.2, 0.25) is 5.95 Å². The Kier molecular flexibility index (Phi) is 11.3. The first-order valence-corrected chi connectivity index (χ1v) is 13.2. The number of rotatable bonds is 4. The van der Waals surface area contributed by atoms with Crippen LogP contribution in [0.5, 0.6) is 0 Å². The molecule has 7 nitrogen and oxygen atoms in total. The quantitative estimate of drug-likeness (QED) is 0.218. The molecule has 0 spiro atoms. The number of nitrogen functional groups attached to an aromatic ring is 1. The molecule has 3 heterocycles. The third kappa shape index (κ3) is 7.81. The molecule has 2 aromatic heterocycles. The Labute approximate surface area is 217 Å². The number of nitrogens with one attached hydrogen (secondary N) is 2. The van der Waals surface area contributed by atoms with Crippen LogP contribution in [-0.2, 0) is 10.1 Å². The molecule has 1 fully saturated rings. The summed E-state index contributed by atoms with van der Waals surface area (Å²) in [4.78, 5) is 14.8. The largest absolute Gasteiger partial charge is 0.396 e. The number of nitrogens with zero attached hydrogens (tertiary/aromatic N) is 3. The van der Waals surface area contributed by atoms with E-state index in [1.807, 2.05) is 6.07 Å². The van der Waals surface area contributed by atoms with E-state index in [0.717, 1.165) is 48.7 Å². The molecule has 0 aliphatic carbocycles. The van der Waals surface area contributed by atoms with Crippen molar-refractivity contribution in [2.45, 2.75) is 51.9 Å². The number of thiazole rings is 1. The SMILES string of the molecule is CB=O.CC(C)(C)c1nc(-c2cccc(N)c2F)c(-c2ccnc(NC3CCNCC3)n2)s1.CS. The van der Waals surface area contributed by atoms with E-state index in [9.17, 15) is 4.39 Å². The van der Waals surface area contributed by atoms with Crippen molar-refractivity contribution < 1.29 is 9.10 Å². The topological polar surface area (TPSA) is 106 Å². The average Bonchev–Trinajstić information content (AvgIpc) is 3.30. The maximum Gasteiger partial charge on any atom is 0.223 e. The van der Waals surface area contributed by atoms with E-state index in [1.165, 1.54) is 18.2 Å². The first-order valence-electron chi connectivity index (χ1n) is 11.5. The monoisotopic (exact) mass is 516 g/mol. The van der Waals surface area contributed by atoms with Crippen molar-refractivity contribution in [1.29, 1.82) is 0 Å². The normalized spacial score (nSPS) is 13.6. The van der Waals surface area contributed by atoms with Gasteiger partial charge in [0, 0.05) is 23.2 Å². The van der Waals surface area contributed by atoms with E-state index in [4.69, 9.17) is 20.4 Å². The zero-order valence-corrected chi connectivity index (χ0v) is 22.6. The van der Waals surface area contributed by atoms with Crippen LogP contribution in [0.3, 0.4) is 0 Å². The van der Waals surface area contributed by atoms with Gasteiger partial charge < -0.3 is 16.4 Å². The number of hydrogen-bond acceptors (Lipinski definition) is 9. The Hall–Kier alpha value is -2.37. The summed E-state index contributed by atoms with van der Waals surface area (Å²) < 4.78 is 23.7.